The minimum absolute atomic E-state index is 0.819. The van der Waals surface area contributed by atoms with Crippen LogP contribution < -0.4 is 5.73 Å². The van der Waals surface area contributed by atoms with E-state index < -0.39 is 0 Å². The maximum Gasteiger partial charge on any atom is 0.0483 e. The summed E-state index contributed by atoms with van der Waals surface area (Å²) >= 11 is 0. The van der Waals surface area contributed by atoms with Crippen molar-refractivity contribution in [1.29, 1.82) is 0 Å². The second kappa shape index (κ2) is 4.22. The average molecular weight is 236 g/mol. The number of benzene rings is 2. The molecule has 18 heavy (non-hydrogen) atoms. The van der Waals surface area contributed by atoms with Crippen LogP contribution in [-0.4, -0.2) is 4.57 Å². The topological polar surface area (TPSA) is 30.9 Å². The Morgan fingerprint density at radius 1 is 1.06 bits per heavy atom. The third-order valence-electron chi connectivity index (χ3n) is 3.23. The summed E-state index contributed by atoms with van der Waals surface area (Å²) in [5.74, 6) is 0. The van der Waals surface area contributed by atoms with Crippen LogP contribution in [0.15, 0.2) is 54.7 Å². The molecule has 2 nitrogen and oxygen atoms in total. The Morgan fingerprint density at radius 3 is 2.78 bits per heavy atom. The highest BCUT2D eigenvalue weighted by Crippen LogP contribution is 2.19. The Labute approximate surface area is 107 Å². The molecular weight excluding hydrogens is 220 g/mol. The number of fused-ring (bicyclic) bond motifs is 1. The van der Waals surface area contributed by atoms with Gasteiger partial charge in [-0.3, -0.25) is 0 Å². The van der Waals surface area contributed by atoms with Gasteiger partial charge in [0.05, 0.1) is 0 Å². The van der Waals surface area contributed by atoms with E-state index in [2.05, 4.69) is 48.0 Å². The first-order chi connectivity index (χ1) is 8.72. The van der Waals surface area contributed by atoms with Crippen LogP contribution in [0.4, 0.5) is 5.69 Å². The lowest BCUT2D eigenvalue weighted by molar-refractivity contribution is 0.837. The van der Waals surface area contributed by atoms with Crippen molar-refractivity contribution in [3.05, 3.63) is 65.9 Å². The predicted molar refractivity (Wildman–Crippen MR) is 76.6 cm³/mol. The van der Waals surface area contributed by atoms with Gasteiger partial charge in [-0.15, -0.1) is 0 Å². The molecule has 0 saturated carbocycles. The Hall–Kier alpha value is -2.22. The monoisotopic (exact) mass is 236 g/mol. The van der Waals surface area contributed by atoms with Crippen molar-refractivity contribution in [2.45, 2.75) is 13.5 Å². The summed E-state index contributed by atoms with van der Waals surface area (Å²) in [5.41, 5.74) is 10.4. The molecule has 0 aliphatic carbocycles. The maximum atomic E-state index is 5.81. The Kier molecular flexibility index (Phi) is 2.56. The van der Waals surface area contributed by atoms with Crippen LogP contribution in [-0.2, 0) is 6.54 Å². The number of nitrogens with zero attached hydrogens (tertiary/aromatic N) is 1. The van der Waals surface area contributed by atoms with E-state index in [9.17, 15) is 0 Å². The molecule has 0 fully saturated rings. The average Bonchev–Trinajstić information content (AvgIpc) is 2.72. The van der Waals surface area contributed by atoms with E-state index >= 15 is 0 Å². The van der Waals surface area contributed by atoms with Crippen molar-refractivity contribution in [2.75, 3.05) is 5.73 Å². The fraction of sp³-hybridized carbons (Fsp3) is 0.125. The van der Waals surface area contributed by atoms with Crippen LogP contribution in [0.3, 0.4) is 0 Å². The molecule has 3 aromatic rings. The molecule has 0 amide bonds. The highest BCUT2D eigenvalue weighted by Gasteiger charge is 2.02. The van der Waals surface area contributed by atoms with Crippen molar-refractivity contribution in [1.82, 2.24) is 4.57 Å². The normalized spacial score (nSPS) is 10.9. The molecule has 3 rings (SSSR count). The Morgan fingerprint density at radius 2 is 1.94 bits per heavy atom. The van der Waals surface area contributed by atoms with E-state index in [1.54, 1.807) is 0 Å². The van der Waals surface area contributed by atoms with Crippen LogP contribution in [0.1, 0.15) is 11.1 Å². The van der Waals surface area contributed by atoms with E-state index in [1.165, 1.54) is 22.0 Å². The zero-order valence-electron chi connectivity index (χ0n) is 10.4. The molecule has 2 aromatic carbocycles. The number of aryl methyl sites for hydroxylation is 1. The second-order valence-corrected chi connectivity index (χ2v) is 4.75. The molecule has 0 radical (unpaired) electrons. The molecule has 0 bridgehead atoms. The van der Waals surface area contributed by atoms with Gasteiger partial charge in [0.1, 0.15) is 0 Å². The quantitative estimate of drug-likeness (QED) is 0.677. The summed E-state index contributed by atoms with van der Waals surface area (Å²) in [7, 11) is 0. The van der Waals surface area contributed by atoms with Crippen LogP contribution in [0.5, 0.6) is 0 Å². The van der Waals surface area contributed by atoms with Crippen molar-refractivity contribution in [2.24, 2.45) is 0 Å². The van der Waals surface area contributed by atoms with Gasteiger partial charge in [0.15, 0.2) is 0 Å². The summed E-state index contributed by atoms with van der Waals surface area (Å²) in [4.78, 5) is 0. The highest BCUT2D eigenvalue weighted by molar-refractivity contribution is 5.80. The number of nitrogen functional groups attached to an aromatic ring is 1. The highest BCUT2D eigenvalue weighted by atomic mass is 14.9. The molecular formula is C16H16N2. The fourth-order valence-corrected chi connectivity index (χ4v) is 2.35. The lowest BCUT2D eigenvalue weighted by Gasteiger charge is -2.06. The van der Waals surface area contributed by atoms with E-state index in [-0.39, 0.29) is 0 Å². The first-order valence-corrected chi connectivity index (χ1v) is 6.12. The molecule has 0 atom stereocenters. The van der Waals surface area contributed by atoms with Crippen LogP contribution in [0.25, 0.3) is 10.9 Å². The summed E-state index contributed by atoms with van der Waals surface area (Å²) in [6.45, 7) is 2.98. The molecule has 2 heteroatoms. The SMILES string of the molecule is Cc1ccc2c(ccn2Cc2cccc(N)c2)c1. The van der Waals surface area contributed by atoms with Crippen molar-refractivity contribution < 1.29 is 0 Å². The second-order valence-electron chi connectivity index (χ2n) is 4.75. The number of anilines is 1. The zero-order chi connectivity index (χ0) is 12.5. The van der Waals surface area contributed by atoms with Crippen molar-refractivity contribution in [3.8, 4) is 0 Å². The van der Waals surface area contributed by atoms with Crippen LogP contribution in [0, 0.1) is 6.92 Å². The van der Waals surface area contributed by atoms with E-state index in [0.717, 1.165) is 12.2 Å². The van der Waals surface area contributed by atoms with Crippen molar-refractivity contribution >= 4 is 16.6 Å². The van der Waals surface area contributed by atoms with Gasteiger partial charge >= 0.3 is 0 Å². The lowest BCUT2D eigenvalue weighted by atomic mass is 10.2. The molecule has 1 aromatic heterocycles. The first-order valence-electron chi connectivity index (χ1n) is 6.12. The molecule has 1 heterocycles. The molecule has 0 aliphatic rings. The van der Waals surface area contributed by atoms with Gasteiger partial charge in [-0.1, -0.05) is 23.8 Å². The minimum Gasteiger partial charge on any atom is -0.399 e. The summed E-state index contributed by atoms with van der Waals surface area (Å²) in [6.07, 6.45) is 2.13. The summed E-state index contributed by atoms with van der Waals surface area (Å²) < 4.78 is 2.25. The third kappa shape index (κ3) is 1.97. The largest absolute Gasteiger partial charge is 0.399 e. The smallest absolute Gasteiger partial charge is 0.0483 e. The van der Waals surface area contributed by atoms with Gasteiger partial charge in [0.2, 0.25) is 0 Å². The van der Waals surface area contributed by atoms with Gasteiger partial charge in [-0.05, 0) is 48.2 Å². The standard InChI is InChI=1S/C16H16N2/c1-12-5-6-16-14(9-12)7-8-18(16)11-13-3-2-4-15(17)10-13/h2-10H,11,17H2,1H3. The van der Waals surface area contributed by atoms with Gasteiger partial charge in [0.25, 0.3) is 0 Å². The molecule has 0 saturated heterocycles. The summed E-state index contributed by atoms with van der Waals surface area (Å²) in [6, 6.07) is 16.8. The minimum atomic E-state index is 0.819. The maximum absolute atomic E-state index is 5.81. The Balaban J connectivity index is 2.00. The molecule has 2 N–H and O–H groups in total. The van der Waals surface area contributed by atoms with Gasteiger partial charge in [-0.25, -0.2) is 0 Å². The van der Waals surface area contributed by atoms with Gasteiger partial charge in [-0.2, -0.15) is 0 Å². The third-order valence-corrected chi connectivity index (χ3v) is 3.23. The fourth-order valence-electron chi connectivity index (χ4n) is 2.35. The predicted octanol–water partition coefficient (Wildman–Crippen LogP) is 3.58. The van der Waals surface area contributed by atoms with Crippen LogP contribution in [0.2, 0.25) is 0 Å². The zero-order valence-corrected chi connectivity index (χ0v) is 10.4. The molecule has 0 unspecified atom stereocenters. The number of rotatable bonds is 2. The molecule has 0 spiro atoms. The lowest BCUT2D eigenvalue weighted by Crippen LogP contribution is -1.98. The Bertz CT molecular complexity index is 695. The van der Waals surface area contributed by atoms with Crippen molar-refractivity contribution in [3.63, 3.8) is 0 Å². The summed E-state index contributed by atoms with van der Waals surface area (Å²) in [5, 5.41) is 1.29. The number of aromatic nitrogens is 1. The van der Waals surface area contributed by atoms with E-state index in [4.69, 9.17) is 5.73 Å². The van der Waals surface area contributed by atoms with Gasteiger partial charge < -0.3 is 10.3 Å². The number of nitrogens with two attached hydrogens (primary N) is 1. The molecule has 0 aliphatic heterocycles. The van der Waals surface area contributed by atoms with E-state index in [0.29, 0.717) is 0 Å². The first kappa shape index (κ1) is 10.9. The van der Waals surface area contributed by atoms with E-state index in [1.807, 2.05) is 18.2 Å². The van der Waals surface area contributed by atoms with Crippen LogP contribution >= 0.6 is 0 Å². The molecule has 90 valence electrons. The number of hydrogen-bond donors (Lipinski definition) is 1. The van der Waals surface area contributed by atoms with Gasteiger partial charge in [0, 0.05) is 23.9 Å². The number of hydrogen-bond acceptors (Lipinski definition) is 1.